The molecule has 37 heavy (non-hydrogen) atoms. The van der Waals surface area contributed by atoms with E-state index >= 15 is 0 Å². The van der Waals surface area contributed by atoms with Gasteiger partial charge in [-0.2, -0.15) is 4.39 Å². The fourth-order valence-corrected chi connectivity index (χ4v) is 5.40. The molecule has 0 N–H and O–H groups in total. The van der Waals surface area contributed by atoms with Crippen molar-refractivity contribution in [2.24, 2.45) is 5.92 Å². The van der Waals surface area contributed by atoms with Crippen LogP contribution in [0.4, 0.5) is 8.78 Å². The molecule has 1 aliphatic rings. The Morgan fingerprint density at radius 2 is 1.38 bits per heavy atom. The summed E-state index contributed by atoms with van der Waals surface area (Å²) in [6.45, 7) is 4.33. The summed E-state index contributed by atoms with van der Waals surface area (Å²) in [6.07, 6.45) is 14.1. The van der Waals surface area contributed by atoms with Crippen molar-refractivity contribution in [1.29, 1.82) is 0 Å². The second kappa shape index (κ2) is 13.6. The van der Waals surface area contributed by atoms with Gasteiger partial charge < -0.3 is 4.74 Å². The number of rotatable bonds is 11. The van der Waals surface area contributed by atoms with Gasteiger partial charge in [0.15, 0.2) is 11.6 Å². The molecule has 0 unspecified atom stereocenters. The molecule has 0 aliphatic heterocycles. The molecule has 0 heterocycles. The van der Waals surface area contributed by atoms with Gasteiger partial charge in [-0.1, -0.05) is 80.1 Å². The van der Waals surface area contributed by atoms with Gasteiger partial charge in [0.2, 0.25) is 5.82 Å². The van der Waals surface area contributed by atoms with Crippen LogP contribution >= 0.6 is 0 Å². The van der Waals surface area contributed by atoms with Crippen molar-refractivity contribution in [1.82, 2.24) is 0 Å². The molecule has 0 aromatic heterocycles. The molecule has 3 heteroatoms. The van der Waals surface area contributed by atoms with Crippen molar-refractivity contribution in [2.75, 3.05) is 6.61 Å². The van der Waals surface area contributed by atoms with Crippen LogP contribution in [0, 0.1) is 17.6 Å². The molecular formula is C34H40F2O. The van der Waals surface area contributed by atoms with E-state index in [4.69, 9.17) is 4.74 Å². The molecule has 0 bridgehead atoms. The van der Waals surface area contributed by atoms with E-state index in [1.54, 1.807) is 19.1 Å². The number of unbranched alkanes of at least 4 members (excludes halogenated alkanes) is 1. The van der Waals surface area contributed by atoms with E-state index < -0.39 is 11.6 Å². The molecule has 3 aromatic rings. The van der Waals surface area contributed by atoms with Gasteiger partial charge in [-0.25, -0.2) is 4.39 Å². The van der Waals surface area contributed by atoms with E-state index in [0.29, 0.717) is 18.1 Å². The minimum Gasteiger partial charge on any atom is -0.491 e. The number of halogens is 2. The molecule has 1 saturated carbocycles. The minimum absolute atomic E-state index is 0.00599. The Morgan fingerprint density at radius 3 is 1.97 bits per heavy atom. The quantitative estimate of drug-likeness (QED) is 0.237. The number of ether oxygens (including phenoxy) is 1. The fraction of sp³-hybridized carbons (Fsp3) is 0.412. The lowest BCUT2D eigenvalue weighted by Crippen LogP contribution is -2.14. The van der Waals surface area contributed by atoms with Crippen LogP contribution in [0.3, 0.4) is 0 Å². The fourth-order valence-electron chi connectivity index (χ4n) is 5.40. The summed E-state index contributed by atoms with van der Waals surface area (Å²) in [5.41, 5.74) is 5.81. The minimum atomic E-state index is -0.852. The maximum absolute atomic E-state index is 14.6. The van der Waals surface area contributed by atoms with Crippen molar-refractivity contribution in [3.63, 3.8) is 0 Å². The van der Waals surface area contributed by atoms with E-state index in [9.17, 15) is 8.78 Å². The Labute approximate surface area is 221 Å². The molecule has 196 valence electrons. The lowest BCUT2D eigenvalue weighted by molar-refractivity contribution is 0.310. The van der Waals surface area contributed by atoms with Crippen molar-refractivity contribution in [3.8, 4) is 16.9 Å². The molecule has 0 radical (unpaired) electrons. The number of benzene rings is 3. The van der Waals surface area contributed by atoms with Crippen molar-refractivity contribution in [3.05, 3.63) is 101 Å². The first kappa shape index (κ1) is 27.1. The highest BCUT2D eigenvalue weighted by Gasteiger charge is 2.25. The topological polar surface area (TPSA) is 9.23 Å². The monoisotopic (exact) mass is 502 g/mol. The summed E-state index contributed by atoms with van der Waals surface area (Å²) < 4.78 is 34.0. The Hall–Kier alpha value is -2.94. The van der Waals surface area contributed by atoms with Crippen LogP contribution in [0.1, 0.15) is 81.4 Å². The molecule has 1 fully saturated rings. The summed E-state index contributed by atoms with van der Waals surface area (Å²) in [4.78, 5) is 0. The Bertz CT molecular complexity index is 1140. The average Bonchev–Trinajstić information content (AvgIpc) is 2.94. The first-order valence-electron chi connectivity index (χ1n) is 14.0. The lowest BCUT2D eigenvalue weighted by Gasteiger charge is -2.27. The van der Waals surface area contributed by atoms with Crippen LogP contribution in [0.25, 0.3) is 11.1 Å². The van der Waals surface area contributed by atoms with Crippen molar-refractivity contribution in [2.45, 2.75) is 77.6 Å². The largest absolute Gasteiger partial charge is 0.491 e. The second-order valence-corrected chi connectivity index (χ2v) is 10.3. The highest BCUT2D eigenvalue weighted by molar-refractivity contribution is 5.64. The summed E-state index contributed by atoms with van der Waals surface area (Å²) in [7, 11) is 0. The first-order valence-corrected chi connectivity index (χ1v) is 14.0. The highest BCUT2D eigenvalue weighted by atomic mass is 19.2. The Balaban J connectivity index is 1.22. The van der Waals surface area contributed by atoms with Gasteiger partial charge in [-0.3, -0.25) is 0 Å². The predicted octanol–water partition coefficient (Wildman–Crippen LogP) is 9.84. The van der Waals surface area contributed by atoms with Crippen LogP contribution in [0.15, 0.2) is 72.8 Å². The van der Waals surface area contributed by atoms with Crippen molar-refractivity contribution < 1.29 is 13.5 Å². The van der Waals surface area contributed by atoms with Gasteiger partial charge >= 0.3 is 0 Å². The standard InChI is InChI=1S/C34H40F2O/c1-3-5-8-25-11-17-28(18-12-25)29-19-13-26(14-20-29)9-6-7-10-27-15-21-30(22-16-27)31-23-24-32(37-4-2)34(36)33(31)35/h7,10-14,17-20,23-24,27,30H,3-6,8-9,15-16,21-22H2,1-2H3/b10-7+. The predicted molar refractivity (Wildman–Crippen MR) is 150 cm³/mol. The van der Waals surface area contributed by atoms with Gasteiger partial charge in [0.05, 0.1) is 6.61 Å². The average molecular weight is 503 g/mol. The van der Waals surface area contributed by atoms with E-state index in [1.165, 1.54) is 35.1 Å². The smallest absolute Gasteiger partial charge is 0.200 e. The van der Waals surface area contributed by atoms with Gasteiger partial charge in [0.25, 0.3) is 0 Å². The third kappa shape index (κ3) is 7.31. The van der Waals surface area contributed by atoms with E-state index in [-0.39, 0.29) is 11.7 Å². The molecule has 3 aromatic carbocycles. The number of hydrogen-bond acceptors (Lipinski definition) is 1. The zero-order valence-electron chi connectivity index (χ0n) is 22.3. The molecule has 1 nitrogen and oxygen atoms in total. The van der Waals surface area contributed by atoms with Crippen LogP contribution in [-0.2, 0) is 12.8 Å². The molecule has 1 aliphatic carbocycles. The lowest BCUT2D eigenvalue weighted by atomic mass is 9.78. The molecule has 0 atom stereocenters. The van der Waals surface area contributed by atoms with Crippen molar-refractivity contribution >= 4 is 0 Å². The molecule has 0 amide bonds. The van der Waals surface area contributed by atoms with Crippen LogP contribution in [0.2, 0.25) is 0 Å². The van der Waals surface area contributed by atoms with E-state index in [1.807, 2.05) is 0 Å². The number of allylic oxidation sites excluding steroid dienone is 2. The Morgan fingerprint density at radius 1 is 0.757 bits per heavy atom. The maximum atomic E-state index is 14.6. The van der Waals surface area contributed by atoms with Gasteiger partial charge in [-0.05, 0) is 104 Å². The normalized spacial score (nSPS) is 17.8. The van der Waals surface area contributed by atoms with Crippen LogP contribution < -0.4 is 4.74 Å². The Kier molecular flexibility index (Phi) is 9.93. The molecular weight excluding hydrogens is 462 g/mol. The summed E-state index contributed by atoms with van der Waals surface area (Å²) >= 11 is 0. The summed E-state index contributed by atoms with van der Waals surface area (Å²) in [6, 6.07) is 21.2. The van der Waals surface area contributed by atoms with Gasteiger partial charge in [0, 0.05) is 0 Å². The third-order valence-corrected chi connectivity index (χ3v) is 7.66. The highest BCUT2D eigenvalue weighted by Crippen LogP contribution is 2.39. The molecule has 0 saturated heterocycles. The third-order valence-electron chi connectivity index (χ3n) is 7.66. The molecule has 0 spiro atoms. The first-order chi connectivity index (χ1) is 18.1. The van der Waals surface area contributed by atoms with Gasteiger partial charge in [-0.15, -0.1) is 0 Å². The summed E-state index contributed by atoms with van der Waals surface area (Å²) in [5.74, 6) is -0.975. The summed E-state index contributed by atoms with van der Waals surface area (Å²) in [5, 5.41) is 0. The van der Waals surface area contributed by atoms with Crippen LogP contribution in [-0.4, -0.2) is 6.61 Å². The van der Waals surface area contributed by atoms with Crippen LogP contribution in [0.5, 0.6) is 5.75 Å². The van der Waals surface area contributed by atoms with E-state index in [0.717, 1.165) is 44.9 Å². The number of aryl methyl sites for hydroxylation is 2. The zero-order chi connectivity index (χ0) is 26.0. The maximum Gasteiger partial charge on any atom is 0.200 e. The second-order valence-electron chi connectivity index (χ2n) is 10.3. The van der Waals surface area contributed by atoms with E-state index in [2.05, 4.69) is 67.6 Å². The molecule has 4 rings (SSSR count). The zero-order valence-corrected chi connectivity index (χ0v) is 22.3. The SMILES string of the molecule is CCCCc1ccc(-c2ccc(CC/C=C/C3CCC(c4ccc(OCC)c(F)c4F)CC3)cc2)cc1. The number of hydrogen-bond donors (Lipinski definition) is 0. The van der Waals surface area contributed by atoms with Gasteiger partial charge in [0.1, 0.15) is 0 Å².